The number of aryl methyl sites for hydroxylation is 1. The average molecular weight is 335 g/mol. The molecule has 2 N–H and O–H groups in total. The molecule has 0 saturated heterocycles. The molecule has 7 nitrogen and oxygen atoms in total. The van der Waals surface area contributed by atoms with Crippen molar-refractivity contribution in [3.63, 3.8) is 0 Å². The Bertz CT molecular complexity index is 872. The Kier molecular flexibility index (Phi) is 4.84. The summed E-state index contributed by atoms with van der Waals surface area (Å²) in [7, 11) is 0. The number of amides is 2. The predicted molar refractivity (Wildman–Crippen MR) is 94.4 cm³/mol. The second-order valence-electron chi connectivity index (χ2n) is 5.34. The fraction of sp³-hybridized carbons (Fsp3) is 0.111. The number of nitrogens with zero attached hydrogens (tertiary/aromatic N) is 3. The summed E-state index contributed by atoms with van der Waals surface area (Å²) in [5, 5.41) is 9.23. The second kappa shape index (κ2) is 7.39. The van der Waals surface area contributed by atoms with E-state index in [9.17, 15) is 9.59 Å². The molecule has 3 rings (SSSR count). The number of pyridine rings is 1. The third-order valence-electron chi connectivity index (χ3n) is 3.59. The molecule has 0 bridgehead atoms. The predicted octanol–water partition coefficient (Wildman–Crippen LogP) is 2.41. The van der Waals surface area contributed by atoms with Gasteiger partial charge in [0, 0.05) is 18.1 Å². The van der Waals surface area contributed by atoms with Gasteiger partial charge in [0.1, 0.15) is 0 Å². The molecule has 0 aliphatic carbocycles. The van der Waals surface area contributed by atoms with Gasteiger partial charge in [0.25, 0.3) is 0 Å². The average Bonchev–Trinajstić information content (AvgIpc) is 3.11. The summed E-state index contributed by atoms with van der Waals surface area (Å²) in [5.41, 5.74) is 2.96. The Morgan fingerprint density at radius 1 is 0.960 bits per heavy atom. The summed E-state index contributed by atoms with van der Waals surface area (Å²) in [6.45, 7) is 2.05. The maximum Gasteiger partial charge on any atom is 0.314 e. The van der Waals surface area contributed by atoms with Gasteiger partial charge in [0.2, 0.25) is 0 Å². The van der Waals surface area contributed by atoms with Gasteiger partial charge >= 0.3 is 11.8 Å². The van der Waals surface area contributed by atoms with Crippen molar-refractivity contribution in [2.45, 2.75) is 13.3 Å². The van der Waals surface area contributed by atoms with Crippen molar-refractivity contribution in [1.82, 2.24) is 14.8 Å². The van der Waals surface area contributed by atoms with E-state index in [0.29, 0.717) is 11.4 Å². The van der Waals surface area contributed by atoms with E-state index in [0.717, 1.165) is 17.7 Å². The molecule has 0 aliphatic rings. The maximum atomic E-state index is 12.0. The molecular weight excluding hydrogens is 318 g/mol. The van der Waals surface area contributed by atoms with Crippen LogP contribution in [0.25, 0.3) is 5.69 Å². The Labute approximate surface area is 144 Å². The first-order valence-electron chi connectivity index (χ1n) is 7.82. The highest BCUT2D eigenvalue weighted by molar-refractivity contribution is 6.43. The van der Waals surface area contributed by atoms with Crippen LogP contribution < -0.4 is 10.6 Å². The lowest BCUT2D eigenvalue weighted by Gasteiger charge is -2.06. The summed E-state index contributed by atoms with van der Waals surface area (Å²) in [5.74, 6) is -1.49. The van der Waals surface area contributed by atoms with Crippen molar-refractivity contribution < 1.29 is 9.59 Å². The molecule has 126 valence electrons. The van der Waals surface area contributed by atoms with Crippen LogP contribution in [0.2, 0.25) is 0 Å². The largest absolute Gasteiger partial charge is 0.318 e. The van der Waals surface area contributed by atoms with Crippen LogP contribution in [0.5, 0.6) is 0 Å². The van der Waals surface area contributed by atoms with Crippen LogP contribution in [-0.4, -0.2) is 26.6 Å². The normalized spacial score (nSPS) is 10.3. The fourth-order valence-corrected chi connectivity index (χ4v) is 2.22. The first-order valence-corrected chi connectivity index (χ1v) is 7.82. The summed E-state index contributed by atoms with van der Waals surface area (Å²) in [6, 6.07) is 10.9. The van der Waals surface area contributed by atoms with Gasteiger partial charge in [-0.1, -0.05) is 19.1 Å². The van der Waals surface area contributed by atoms with Gasteiger partial charge in [0.15, 0.2) is 0 Å². The van der Waals surface area contributed by atoms with E-state index in [4.69, 9.17) is 0 Å². The molecule has 7 heteroatoms. The highest BCUT2D eigenvalue weighted by atomic mass is 16.2. The van der Waals surface area contributed by atoms with Crippen molar-refractivity contribution >= 4 is 23.2 Å². The molecule has 1 aromatic carbocycles. The molecule has 0 radical (unpaired) electrons. The highest BCUT2D eigenvalue weighted by Crippen LogP contribution is 2.12. The van der Waals surface area contributed by atoms with Crippen LogP contribution in [-0.2, 0) is 16.0 Å². The second-order valence-corrected chi connectivity index (χ2v) is 5.34. The molecule has 2 amide bonds. The van der Waals surface area contributed by atoms with E-state index in [1.165, 1.54) is 6.20 Å². The third-order valence-corrected chi connectivity index (χ3v) is 3.59. The minimum atomic E-state index is -0.756. The standard InChI is InChI=1S/C18H17N5O2/c1-2-13-3-5-14(6-4-13)21-17(24)18(25)22-15-11-20-23(12-15)16-7-9-19-10-8-16/h3-12H,2H2,1H3,(H,21,24)(H,22,25). The number of anilines is 2. The van der Waals surface area contributed by atoms with Crippen molar-refractivity contribution in [2.24, 2.45) is 0 Å². The van der Waals surface area contributed by atoms with E-state index in [-0.39, 0.29) is 0 Å². The molecule has 3 aromatic rings. The maximum absolute atomic E-state index is 12.0. The van der Waals surface area contributed by atoms with E-state index in [1.54, 1.807) is 47.5 Å². The summed E-state index contributed by atoms with van der Waals surface area (Å²) in [4.78, 5) is 27.9. The van der Waals surface area contributed by atoms with Crippen LogP contribution in [0, 0.1) is 0 Å². The zero-order chi connectivity index (χ0) is 17.6. The first-order chi connectivity index (χ1) is 12.2. The quantitative estimate of drug-likeness (QED) is 0.717. The lowest BCUT2D eigenvalue weighted by atomic mass is 10.1. The molecule has 0 unspecified atom stereocenters. The zero-order valence-corrected chi connectivity index (χ0v) is 13.6. The minimum Gasteiger partial charge on any atom is -0.318 e. The van der Waals surface area contributed by atoms with Crippen molar-refractivity contribution in [3.05, 3.63) is 66.7 Å². The van der Waals surface area contributed by atoms with Crippen LogP contribution in [0.1, 0.15) is 12.5 Å². The summed E-state index contributed by atoms with van der Waals surface area (Å²) >= 11 is 0. The van der Waals surface area contributed by atoms with Gasteiger partial charge in [-0.25, -0.2) is 4.68 Å². The Balaban J connectivity index is 1.61. The Morgan fingerprint density at radius 3 is 2.24 bits per heavy atom. The van der Waals surface area contributed by atoms with Crippen molar-refractivity contribution in [2.75, 3.05) is 10.6 Å². The van der Waals surface area contributed by atoms with E-state index in [2.05, 4.69) is 20.7 Å². The van der Waals surface area contributed by atoms with Crippen molar-refractivity contribution in [3.8, 4) is 5.69 Å². The number of benzene rings is 1. The van der Waals surface area contributed by atoms with Gasteiger partial charge < -0.3 is 10.6 Å². The molecular formula is C18H17N5O2. The van der Waals surface area contributed by atoms with Crippen molar-refractivity contribution in [1.29, 1.82) is 0 Å². The minimum absolute atomic E-state index is 0.429. The van der Waals surface area contributed by atoms with Gasteiger partial charge in [-0.3, -0.25) is 14.6 Å². The van der Waals surface area contributed by atoms with E-state index >= 15 is 0 Å². The monoisotopic (exact) mass is 335 g/mol. The van der Waals surface area contributed by atoms with Crippen LogP contribution in [0.15, 0.2) is 61.2 Å². The molecule has 0 fully saturated rings. The molecule has 0 atom stereocenters. The number of carbonyl (C=O) groups excluding carboxylic acids is 2. The topological polar surface area (TPSA) is 88.9 Å². The van der Waals surface area contributed by atoms with Gasteiger partial charge in [0.05, 0.1) is 23.8 Å². The SMILES string of the molecule is CCc1ccc(NC(=O)C(=O)Nc2cnn(-c3ccncc3)c2)cc1. The number of carbonyl (C=O) groups is 2. The molecule has 0 aliphatic heterocycles. The number of rotatable bonds is 4. The Hall–Kier alpha value is -3.48. The molecule has 0 saturated carbocycles. The molecule has 0 spiro atoms. The van der Waals surface area contributed by atoms with Gasteiger partial charge in [-0.15, -0.1) is 0 Å². The summed E-state index contributed by atoms with van der Waals surface area (Å²) < 4.78 is 1.58. The molecule has 2 aromatic heterocycles. The highest BCUT2D eigenvalue weighted by Gasteiger charge is 2.15. The molecule has 25 heavy (non-hydrogen) atoms. The van der Waals surface area contributed by atoms with Gasteiger partial charge in [-0.2, -0.15) is 5.10 Å². The first kappa shape index (κ1) is 16.4. The lowest BCUT2D eigenvalue weighted by molar-refractivity contribution is -0.132. The smallest absolute Gasteiger partial charge is 0.314 e. The number of hydrogen-bond acceptors (Lipinski definition) is 4. The van der Waals surface area contributed by atoms with Crippen LogP contribution in [0.3, 0.4) is 0 Å². The van der Waals surface area contributed by atoms with Gasteiger partial charge in [-0.05, 0) is 36.2 Å². The zero-order valence-electron chi connectivity index (χ0n) is 13.6. The Morgan fingerprint density at radius 2 is 1.60 bits per heavy atom. The number of nitrogens with one attached hydrogen (secondary N) is 2. The van der Waals surface area contributed by atoms with E-state index in [1.807, 2.05) is 19.1 Å². The van der Waals surface area contributed by atoms with E-state index < -0.39 is 11.8 Å². The summed E-state index contributed by atoms with van der Waals surface area (Å²) in [6.07, 6.45) is 7.30. The van der Waals surface area contributed by atoms with Crippen LogP contribution >= 0.6 is 0 Å². The molecule has 2 heterocycles. The number of aromatic nitrogens is 3. The van der Waals surface area contributed by atoms with Crippen LogP contribution in [0.4, 0.5) is 11.4 Å². The fourth-order valence-electron chi connectivity index (χ4n) is 2.22. The lowest BCUT2D eigenvalue weighted by Crippen LogP contribution is -2.28. The number of hydrogen-bond donors (Lipinski definition) is 2. The third kappa shape index (κ3) is 4.08.